The van der Waals surface area contributed by atoms with Gasteiger partial charge in [-0.05, 0) is 43.7 Å². The highest BCUT2D eigenvalue weighted by Gasteiger charge is 2.22. The summed E-state index contributed by atoms with van der Waals surface area (Å²) in [5.74, 6) is -0.674. The van der Waals surface area contributed by atoms with Gasteiger partial charge in [0, 0.05) is 23.8 Å². The molecule has 0 saturated heterocycles. The lowest BCUT2D eigenvalue weighted by Gasteiger charge is -2.12. The van der Waals surface area contributed by atoms with Crippen LogP contribution in [0.2, 0.25) is 0 Å². The summed E-state index contributed by atoms with van der Waals surface area (Å²) in [7, 11) is 1.58. The normalized spacial score (nSPS) is 10.9. The Morgan fingerprint density at radius 3 is 2.54 bits per heavy atom. The predicted molar refractivity (Wildman–Crippen MR) is 105 cm³/mol. The Morgan fingerprint density at radius 2 is 1.86 bits per heavy atom. The number of hydrogen-bond donors (Lipinski definition) is 0. The first kappa shape index (κ1) is 19.8. The van der Waals surface area contributed by atoms with Gasteiger partial charge < -0.3 is 9.47 Å². The van der Waals surface area contributed by atoms with Gasteiger partial charge in [-0.1, -0.05) is 25.1 Å². The van der Waals surface area contributed by atoms with E-state index >= 15 is 0 Å². The molecule has 0 amide bonds. The summed E-state index contributed by atoms with van der Waals surface area (Å²) in [6, 6.07) is 13.5. The largest absolute Gasteiger partial charge is 0.462 e. The number of nitrogens with zero attached hydrogens (tertiary/aromatic N) is 2. The minimum atomic E-state index is -0.370. The SMILES string of the molecule is CCCOC(=O)c1ccccc1-c1c(C)c(-c2ccc(F)cc2)nn1COC. The third-order valence-corrected chi connectivity index (χ3v) is 4.40. The van der Waals surface area contributed by atoms with Crippen LogP contribution in [0.15, 0.2) is 48.5 Å². The Labute approximate surface area is 163 Å². The fourth-order valence-corrected chi connectivity index (χ4v) is 3.13. The molecule has 6 heteroatoms. The maximum atomic E-state index is 13.3. The van der Waals surface area contributed by atoms with Gasteiger partial charge in [-0.2, -0.15) is 5.10 Å². The van der Waals surface area contributed by atoms with E-state index in [9.17, 15) is 9.18 Å². The minimum absolute atomic E-state index is 0.218. The molecule has 0 aliphatic heterocycles. The number of esters is 1. The highest BCUT2D eigenvalue weighted by Crippen LogP contribution is 2.34. The van der Waals surface area contributed by atoms with E-state index < -0.39 is 0 Å². The van der Waals surface area contributed by atoms with Gasteiger partial charge in [-0.3, -0.25) is 0 Å². The Bertz CT molecular complexity index is 964. The average molecular weight is 382 g/mol. The van der Waals surface area contributed by atoms with Crippen LogP contribution in [0.5, 0.6) is 0 Å². The smallest absolute Gasteiger partial charge is 0.338 e. The number of ether oxygens (including phenoxy) is 2. The molecule has 0 unspecified atom stereocenters. The van der Waals surface area contributed by atoms with Crippen LogP contribution in [0.25, 0.3) is 22.5 Å². The maximum absolute atomic E-state index is 13.3. The molecule has 0 N–H and O–H groups in total. The summed E-state index contributed by atoms with van der Waals surface area (Å²) in [5, 5.41) is 4.66. The summed E-state index contributed by atoms with van der Waals surface area (Å²) >= 11 is 0. The molecule has 5 nitrogen and oxygen atoms in total. The molecule has 1 heterocycles. The quantitative estimate of drug-likeness (QED) is 0.549. The second kappa shape index (κ2) is 8.80. The molecule has 0 fully saturated rings. The third-order valence-electron chi connectivity index (χ3n) is 4.40. The van der Waals surface area contributed by atoms with E-state index in [0.717, 1.165) is 28.8 Å². The number of aromatic nitrogens is 2. The van der Waals surface area contributed by atoms with Gasteiger partial charge in [0.15, 0.2) is 0 Å². The van der Waals surface area contributed by atoms with Crippen molar-refractivity contribution < 1.29 is 18.7 Å². The number of benzene rings is 2. The molecule has 0 aliphatic rings. The highest BCUT2D eigenvalue weighted by molar-refractivity contribution is 5.97. The Kier molecular flexibility index (Phi) is 6.21. The van der Waals surface area contributed by atoms with Crippen molar-refractivity contribution in [2.24, 2.45) is 0 Å². The van der Waals surface area contributed by atoms with Crippen molar-refractivity contribution in [1.29, 1.82) is 0 Å². The van der Waals surface area contributed by atoms with Crippen LogP contribution in [0.3, 0.4) is 0 Å². The number of carbonyl (C=O) groups is 1. The summed E-state index contributed by atoms with van der Waals surface area (Å²) in [6.45, 7) is 4.47. The lowest BCUT2D eigenvalue weighted by atomic mass is 9.99. The van der Waals surface area contributed by atoms with Gasteiger partial charge >= 0.3 is 5.97 Å². The molecule has 0 spiro atoms. The van der Waals surface area contributed by atoms with E-state index in [2.05, 4.69) is 5.10 Å². The summed E-state index contributed by atoms with van der Waals surface area (Å²) in [5.41, 5.74) is 4.34. The van der Waals surface area contributed by atoms with Gasteiger partial charge in [0.2, 0.25) is 0 Å². The molecule has 3 rings (SSSR count). The summed E-state index contributed by atoms with van der Waals surface area (Å²) < 4.78 is 25.7. The second-order valence-electron chi connectivity index (χ2n) is 6.43. The number of halogens is 1. The fraction of sp³-hybridized carbons (Fsp3) is 0.273. The number of rotatable bonds is 7. The van der Waals surface area contributed by atoms with Crippen molar-refractivity contribution in [3.63, 3.8) is 0 Å². The molecule has 3 aromatic rings. The Balaban J connectivity index is 2.14. The maximum Gasteiger partial charge on any atom is 0.338 e. The van der Waals surface area contributed by atoms with Crippen molar-refractivity contribution in [3.8, 4) is 22.5 Å². The van der Waals surface area contributed by atoms with Crippen molar-refractivity contribution in [1.82, 2.24) is 9.78 Å². The van der Waals surface area contributed by atoms with Crippen LogP contribution in [-0.4, -0.2) is 29.5 Å². The van der Waals surface area contributed by atoms with Crippen LogP contribution in [0.1, 0.15) is 29.3 Å². The van der Waals surface area contributed by atoms with Crippen LogP contribution in [-0.2, 0) is 16.2 Å². The number of carbonyl (C=O) groups excluding carboxylic acids is 1. The monoisotopic (exact) mass is 382 g/mol. The molecular formula is C22H23FN2O3. The molecule has 146 valence electrons. The first-order chi connectivity index (χ1) is 13.6. The summed E-state index contributed by atoms with van der Waals surface area (Å²) in [6.07, 6.45) is 0.753. The van der Waals surface area contributed by atoms with Crippen molar-refractivity contribution >= 4 is 5.97 Å². The predicted octanol–water partition coefficient (Wildman–Crippen LogP) is 4.84. The minimum Gasteiger partial charge on any atom is -0.462 e. The molecule has 0 aliphatic carbocycles. The van der Waals surface area contributed by atoms with E-state index in [1.54, 1.807) is 36.1 Å². The topological polar surface area (TPSA) is 53.3 Å². The second-order valence-corrected chi connectivity index (χ2v) is 6.43. The van der Waals surface area contributed by atoms with Crippen molar-refractivity contribution in [3.05, 3.63) is 65.5 Å². The van der Waals surface area contributed by atoms with Gasteiger partial charge in [0.25, 0.3) is 0 Å². The zero-order valence-corrected chi connectivity index (χ0v) is 16.2. The van der Waals surface area contributed by atoms with Crippen LogP contribution in [0, 0.1) is 12.7 Å². The lowest BCUT2D eigenvalue weighted by molar-refractivity contribution is 0.0506. The molecular weight excluding hydrogens is 359 g/mol. The first-order valence-corrected chi connectivity index (χ1v) is 9.15. The van der Waals surface area contributed by atoms with Crippen LogP contribution in [0.4, 0.5) is 4.39 Å². The van der Waals surface area contributed by atoms with Crippen molar-refractivity contribution in [2.75, 3.05) is 13.7 Å². The van der Waals surface area contributed by atoms with Gasteiger partial charge in [0.05, 0.1) is 23.6 Å². The van der Waals surface area contributed by atoms with E-state index in [1.165, 1.54) is 12.1 Å². The van der Waals surface area contributed by atoms with E-state index in [0.29, 0.717) is 17.9 Å². The van der Waals surface area contributed by atoms with E-state index in [-0.39, 0.29) is 18.5 Å². The molecule has 0 saturated carbocycles. The molecule has 28 heavy (non-hydrogen) atoms. The van der Waals surface area contributed by atoms with Crippen molar-refractivity contribution in [2.45, 2.75) is 27.0 Å². The van der Waals surface area contributed by atoms with Gasteiger partial charge in [-0.15, -0.1) is 0 Å². The summed E-state index contributed by atoms with van der Waals surface area (Å²) in [4.78, 5) is 12.6. The zero-order valence-electron chi connectivity index (χ0n) is 16.2. The molecule has 0 radical (unpaired) electrons. The van der Waals surface area contributed by atoms with Crippen LogP contribution < -0.4 is 0 Å². The van der Waals surface area contributed by atoms with Gasteiger partial charge in [-0.25, -0.2) is 13.9 Å². The Hall–Kier alpha value is -2.99. The fourth-order valence-electron chi connectivity index (χ4n) is 3.13. The van der Waals surface area contributed by atoms with E-state index in [1.807, 2.05) is 26.0 Å². The average Bonchev–Trinajstić information content (AvgIpc) is 3.03. The Morgan fingerprint density at radius 1 is 1.14 bits per heavy atom. The van der Waals surface area contributed by atoms with E-state index in [4.69, 9.17) is 9.47 Å². The first-order valence-electron chi connectivity index (χ1n) is 9.15. The number of methoxy groups -OCH3 is 1. The zero-order chi connectivity index (χ0) is 20.1. The standard InChI is InChI=1S/C22H23FN2O3/c1-4-13-28-22(26)19-8-6-5-7-18(19)21-15(2)20(24-25(21)14-27-3)16-9-11-17(23)12-10-16/h5-12H,4,13-14H2,1-3H3. The molecule has 1 aromatic heterocycles. The van der Waals surface area contributed by atoms with Crippen LogP contribution >= 0.6 is 0 Å². The number of hydrogen-bond acceptors (Lipinski definition) is 4. The molecule has 0 atom stereocenters. The molecule has 0 bridgehead atoms. The molecule has 2 aromatic carbocycles. The highest BCUT2D eigenvalue weighted by atomic mass is 19.1. The van der Waals surface area contributed by atoms with Gasteiger partial charge in [0.1, 0.15) is 12.5 Å². The third kappa shape index (κ3) is 3.97. The lowest BCUT2D eigenvalue weighted by Crippen LogP contribution is -2.10.